The molecule has 1 heterocycles. The molecule has 0 aromatic heterocycles. The molecule has 2 aromatic rings. The van der Waals surface area contributed by atoms with Crippen LogP contribution in [0.2, 0.25) is 0 Å². The number of hydrogen-bond acceptors (Lipinski definition) is 7. The van der Waals surface area contributed by atoms with Gasteiger partial charge in [0.1, 0.15) is 12.6 Å². The molecule has 2 amide bonds. The number of ether oxygens (including phenoxy) is 4. The topological polar surface area (TPSA) is 107 Å². The molecule has 180 valence electrons. The summed E-state index contributed by atoms with van der Waals surface area (Å²) in [6.45, 7) is 7.73. The molecule has 1 aliphatic rings. The van der Waals surface area contributed by atoms with E-state index in [1.54, 1.807) is 36.4 Å². The van der Waals surface area contributed by atoms with Crippen molar-refractivity contribution in [1.29, 1.82) is 0 Å². The molecule has 0 saturated heterocycles. The van der Waals surface area contributed by atoms with Gasteiger partial charge in [-0.05, 0) is 57.7 Å². The van der Waals surface area contributed by atoms with Gasteiger partial charge in [-0.25, -0.2) is 5.43 Å². The second-order valence-electron chi connectivity index (χ2n) is 7.63. The largest absolute Gasteiger partial charge is 0.493 e. The van der Waals surface area contributed by atoms with Crippen molar-refractivity contribution in [2.75, 3.05) is 20.5 Å². The maximum absolute atomic E-state index is 12.7. The Balaban J connectivity index is 1.66. The number of hydrogen-bond donors (Lipinski definition) is 2. The minimum absolute atomic E-state index is 0.114. The van der Waals surface area contributed by atoms with E-state index < -0.39 is 17.9 Å². The number of hydrazone groups is 1. The summed E-state index contributed by atoms with van der Waals surface area (Å²) in [6, 6.07) is 7.55. The van der Waals surface area contributed by atoms with Crippen LogP contribution >= 0.6 is 15.9 Å². The summed E-state index contributed by atoms with van der Waals surface area (Å²) in [6.07, 6.45) is 3.10. The maximum atomic E-state index is 12.7. The summed E-state index contributed by atoms with van der Waals surface area (Å²) in [5.41, 5.74) is 3.52. The molecule has 0 saturated carbocycles. The van der Waals surface area contributed by atoms with E-state index in [1.807, 2.05) is 13.8 Å². The van der Waals surface area contributed by atoms with Crippen LogP contribution in [0, 0.1) is 5.92 Å². The van der Waals surface area contributed by atoms with Gasteiger partial charge < -0.3 is 24.3 Å². The van der Waals surface area contributed by atoms with Gasteiger partial charge in [0, 0.05) is 5.56 Å². The zero-order valence-corrected chi connectivity index (χ0v) is 20.7. The summed E-state index contributed by atoms with van der Waals surface area (Å²) in [7, 11) is 1.53. The fraction of sp³-hybridized carbons (Fsp3) is 0.292. The van der Waals surface area contributed by atoms with Gasteiger partial charge in [0.25, 0.3) is 11.8 Å². The number of benzene rings is 2. The SMILES string of the molecule is C=CCOc1c(Br)cc(C=NNC(=O)C(NC(=O)c2ccc3c(c2)OCO3)C(C)C)cc1OC. The Kier molecular flexibility index (Phi) is 8.53. The Morgan fingerprint density at radius 1 is 1.24 bits per heavy atom. The molecule has 0 spiro atoms. The van der Waals surface area contributed by atoms with Crippen LogP contribution in [-0.4, -0.2) is 44.6 Å². The minimum Gasteiger partial charge on any atom is -0.493 e. The van der Waals surface area contributed by atoms with Crippen molar-refractivity contribution in [2.45, 2.75) is 19.9 Å². The number of amides is 2. The van der Waals surface area contributed by atoms with Crippen molar-refractivity contribution < 1.29 is 28.5 Å². The fourth-order valence-corrected chi connectivity index (χ4v) is 3.71. The Labute approximate surface area is 206 Å². The van der Waals surface area contributed by atoms with Gasteiger partial charge in [-0.15, -0.1) is 0 Å². The van der Waals surface area contributed by atoms with E-state index in [2.05, 4.69) is 38.4 Å². The molecule has 9 nitrogen and oxygen atoms in total. The van der Waals surface area contributed by atoms with Gasteiger partial charge in [-0.1, -0.05) is 26.5 Å². The van der Waals surface area contributed by atoms with Crippen LogP contribution in [0.1, 0.15) is 29.8 Å². The van der Waals surface area contributed by atoms with Gasteiger partial charge in [0.05, 0.1) is 17.8 Å². The van der Waals surface area contributed by atoms with Gasteiger partial charge in [-0.3, -0.25) is 9.59 Å². The third-order valence-electron chi connectivity index (χ3n) is 4.86. The van der Waals surface area contributed by atoms with E-state index in [4.69, 9.17) is 18.9 Å². The molecule has 0 bridgehead atoms. The Morgan fingerprint density at radius 3 is 2.71 bits per heavy atom. The van der Waals surface area contributed by atoms with Crippen molar-refractivity contribution in [3.8, 4) is 23.0 Å². The van der Waals surface area contributed by atoms with Crippen molar-refractivity contribution in [3.63, 3.8) is 0 Å². The standard InChI is InChI=1S/C24H26BrN3O6/c1-5-8-32-22-17(25)9-15(10-20(22)31-4)12-26-28-24(30)21(14(2)3)27-23(29)16-6-7-18-19(11-16)34-13-33-18/h5-7,9-12,14,21H,1,8,13H2,2-4H3,(H,27,29)(H,28,30). The molecule has 0 fully saturated rings. The third kappa shape index (κ3) is 6.07. The van der Waals surface area contributed by atoms with Crippen LogP contribution in [0.15, 0.2) is 52.6 Å². The van der Waals surface area contributed by atoms with Gasteiger partial charge in [-0.2, -0.15) is 5.10 Å². The maximum Gasteiger partial charge on any atom is 0.262 e. The number of methoxy groups -OCH3 is 1. The molecule has 1 aliphatic heterocycles. The van der Waals surface area contributed by atoms with Crippen LogP contribution < -0.4 is 29.7 Å². The first-order chi connectivity index (χ1) is 16.3. The lowest BCUT2D eigenvalue weighted by Gasteiger charge is -2.20. The monoisotopic (exact) mass is 531 g/mol. The molecule has 0 radical (unpaired) electrons. The first-order valence-electron chi connectivity index (χ1n) is 10.5. The van der Waals surface area contributed by atoms with Gasteiger partial charge in [0.2, 0.25) is 6.79 Å². The highest BCUT2D eigenvalue weighted by atomic mass is 79.9. The van der Waals surface area contributed by atoms with Crippen LogP contribution in [0.25, 0.3) is 0 Å². The average molecular weight is 532 g/mol. The highest BCUT2D eigenvalue weighted by Crippen LogP contribution is 2.36. The number of carbonyl (C=O) groups excluding carboxylic acids is 2. The third-order valence-corrected chi connectivity index (χ3v) is 5.45. The van der Waals surface area contributed by atoms with Crippen LogP contribution in [0.3, 0.4) is 0 Å². The van der Waals surface area contributed by atoms with Crippen molar-refractivity contribution in [1.82, 2.24) is 10.7 Å². The normalized spacial score (nSPS) is 13.0. The summed E-state index contributed by atoms with van der Waals surface area (Å²) in [5, 5.41) is 6.79. The highest BCUT2D eigenvalue weighted by molar-refractivity contribution is 9.10. The van der Waals surface area contributed by atoms with Crippen LogP contribution in [-0.2, 0) is 4.79 Å². The lowest BCUT2D eigenvalue weighted by molar-refractivity contribution is -0.123. The van der Waals surface area contributed by atoms with E-state index in [-0.39, 0.29) is 12.7 Å². The molecular formula is C24H26BrN3O6. The predicted octanol–water partition coefficient (Wildman–Crippen LogP) is 3.66. The Bertz CT molecular complexity index is 1100. The average Bonchev–Trinajstić information content (AvgIpc) is 3.29. The molecule has 0 aliphatic carbocycles. The first-order valence-corrected chi connectivity index (χ1v) is 11.3. The summed E-state index contributed by atoms with van der Waals surface area (Å²) < 4.78 is 22.2. The molecule has 2 N–H and O–H groups in total. The van der Waals surface area contributed by atoms with Crippen LogP contribution in [0.4, 0.5) is 0 Å². The number of carbonyl (C=O) groups is 2. The molecule has 34 heavy (non-hydrogen) atoms. The van der Waals surface area contributed by atoms with E-state index in [0.717, 1.165) is 0 Å². The summed E-state index contributed by atoms with van der Waals surface area (Å²) >= 11 is 3.45. The number of rotatable bonds is 10. The van der Waals surface area contributed by atoms with E-state index in [0.29, 0.717) is 45.2 Å². The zero-order valence-electron chi connectivity index (χ0n) is 19.1. The Hall–Kier alpha value is -3.53. The fourth-order valence-electron chi connectivity index (χ4n) is 3.13. The van der Waals surface area contributed by atoms with Crippen molar-refractivity contribution in [3.05, 3.63) is 58.6 Å². The smallest absolute Gasteiger partial charge is 0.262 e. The lowest BCUT2D eigenvalue weighted by Crippen LogP contribution is -2.48. The zero-order chi connectivity index (χ0) is 24.7. The molecule has 2 aromatic carbocycles. The molecular weight excluding hydrogens is 506 g/mol. The number of nitrogens with one attached hydrogen (secondary N) is 2. The highest BCUT2D eigenvalue weighted by Gasteiger charge is 2.25. The van der Waals surface area contributed by atoms with Gasteiger partial charge in [0.15, 0.2) is 23.0 Å². The number of fused-ring (bicyclic) bond motifs is 1. The number of halogens is 1. The quantitative estimate of drug-likeness (QED) is 0.275. The molecule has 3 rings (SSSR count). The summed E-state index contributed by atoms with van der Waals surface area (Å²) in [4.78, 5) is 25.5. The summed E-state index contributed by atoms with van der Waals surface area (Å²) in [5.74, 6) is 1.08. The van der Waals surface area contributed by atoms with Crippen molar-refractivity contribution in [2.24, 2.45) is 11.0 Å². The lowest BCUT2D eigenvalue weighted by atomic mass is 10.0. The second-order valence-corrected chi connectivity index (χ2v) is 8.49. The van der Waals surface area contributed by atoms with E-state index >= 15 is 0 Å². The van der Waals surface area contributed by atoms with Gasteiger partial charge >= 0.3 is 0 Å². The second kappa shape index (κ2) is 11.6. The molecule has 10 heteroatoms. The molecule has 1 unspecified atom stereocenters. The van der Waals surface area contributed by atoms with Crippen molar-refractivity contribution >= 4 is 34.0 Å². The molecule has 1 atom stereocenters. The van der Waals surface area contributed by atoms with E-state index in [1.165, 1.54) is 13.3 Å². The van der Waals surface area contributed by atoms with Crippen LogP contribution in [0.5, 0.6) is 23.0 Å². The first kappa shape index (κ1) is 25.1. The number of nitrogens with zero attached hydrogens (tertiary/aromatic N) is 1. The Morgan fingerprint density at radius 2 is 2.00 bits per heavy atom. The predicted molar refractivity (Wildman–Crippen MR) is 131 cm³/mol. The van der Waals surface area contributed by atoms with E-state index in [9.17, 15) is 9.59 Å². The minimum atomic E-state index is -0.800.